The number of halogens is 1. The van der Waals surface area contributed by atoms with Crippen LogP contribution in [0.25, 0.3) is 10.1 Å². The molecule has 28 heavy (non-hydrogen) atoms. The molecule has 0 aliphatic carbocycles. The molecular weight excluding hydrogens is 485 g/mol. The van der Waals surface area contributed by atoms with Gasteiger partial charge in [-0.1, -0.05) is 18.2 Å². The molecule has 0 amide bonds. The van der Waals surface area contributed by atoms with Crippen LogP contribution in [0.15, 0.2) is 47.7 Å². The molecule has 1 aromatic carbocycles. The first kappa shape index (κ1) is 22.6. The van der Waals surface area contributed by atoms with Crippen LogP contribution in [-0.4, -0.2) is 40.5 Å². The number of nitrogens with zero attached hydrogens (tertiary/aromatic N) is 3. The predicted octanol–water partition coefficient (Wildman–Crippen LogP) is 3.47. The first-order valence-electron chi connectivity index (χ1n) is 9.32. The Kier molecular flexibility index (Phi) is 9.20. The Morgan fingerprint density at radius 2 is 2.14 bits per heavy atom. The Hall–Kier alpha value is -1.65. The molecule has 0 radical (unpaired) electrons. The highest BCUT2D eigenvalue weighted by molar-refractivity contribution is 14.0. The number of hydrogen-bond acceptors (Lipinski definition) is 4. The molecule has 1 atom stereocenters. The first-order valence-corrected chi connectivity index (χ1v) is 10.1. The minimum absolute atomic E-state index is 0. The van der Waals surface area contributed by atoms with Gasteiger partial charge in [-0.2, -0.15) is 5.10 Å². The number of aromatic nitrogens is 2. The fourth-order valence-corrected chi connectivity index (χ4v) is 3.92. The van der Waals surface area contributed by atoms with Gasteiger partial charge in [-0.15, -0.1) is 35.3 Å². The monoisotopic (exact) mass is 513 g/mol. The molecule has 0 saturated carbocycles. The van der Waals surface area contributed by atoms with Crippen molar-refractivity contribution in [2.45, 2.75) is 25.9 Å². The van der Waals surface area contributed by atoms with E-state index in [9.17, 15) is 5.11 Å². The fourth-order valence-electron chi connectivity index (χ4n) is 2.88. The number of aliphatic hydroxyl groups excluding tert-OH is 1. The van der Waals surface area contributed by atoms with Gasteiger partial charge in [0.1, 0.15) is 6.10 Å². The van der Waals surface area contributed by atoms with Crippen LogP contribution in [0.2, 0.25) is 0 Å². The molecule has 8 heteroatoms. The van der Waals surface area contributed by atoms with E-state index >= 15 is 0 Å². The molecule has 2 aromatic heterocycles. The molecule has 3 aromatic rings. The summed E-state index contributed by atoms with van der Waals surface area (Å²) in [5, 5.41) is 22.4. The van der Waals surface area contributed by atoms with Crippen molar-refractivity contribution in [1.29, 1.82) is 0 Å². The fraction of sp³-hybridized carbons (Fsp3) is 0.400. The number of aliphatic imine (C=N–C) groups is 1. The summed E-state index contributed by atoms with van der Waals surface area (Å²) < 4.78 is 3.01. The minimum atomic E-state index is -0.590. The van der Waals surface area contributed by atoms with E-state index in [1.165, 1.54) is 15.6 Å². The zero-order valence-corrected chi connectivity index (χ0v) is 19.4. The van der Waals surface area contributed by atoms with E-state index < -0.39 is 6.10 Å². The van der Waals surface area contributed by atoms with Crippen LogP contribution in [0.3, 0.4) is 0 Å². The van der Waals surface area contributed by atoms with Gasteiger partial charge in [-0.3, -0.25) is 9.67 Å². The second-order valence-corrected chi connectivity index (χ2v) is 7.59. The van der Waals surface area contributed by atoms with E-state index in [0.717, 1.165) is 36.8 Å². The quantitative estimate of drug-likeness (QED) is 0.187. The largest absolute Gasteiger partial charge is 0.386 e. The SMILES string of the molecule is CCNC(=NCC(O)c1cc2ccccc2s1)NCCCc1cnn(C)c1.I. The maximum absolute atomic E-state index is 10.5. The van der Waals surface area contributed by atoms with Crippen LogP contribution >= 0.6 is 35.3 Å². The second-order valence-electron chi connectivity index (χ2n) is 6.47. The van der Waals surface area contributed by atoms with E-state index in [2.05, 4.69) is 38.9 Å². The van der Waals surface area contributed by atoms with E-state index in [-0.39, 0.29) is 24.0 Å². The van der Waals surface area contributed by atoms with Crippen molar-refractivity contribution in [3.05, 3.63) is 53.2 Å². The summed E-state index contributed by atoms with van der Waals surface area (Å²) >= 11 is 1.62. The molecular formula is C20H28IN5OS. The van der Waals surface area contributed by atoms with E-state index in [1.54, 1.807) is 11.3 Å². The molecule has 0 saturated heterocycles. The van der Waals surface area contributed by atoms with Crippen molar-refractivity contribution in [2.24, 2.45) is 12.0 Å². The number of aliphatic hydroxyl groups is 1. The number of thiophene rings is 1. The van der Waals surface area contributed by atoms with Crippen molar-refractivity contribution >= 4 is 51.4 Å². The number of guanidine groups is 1. The van der Waals surface area contributed by atoms with Gasteiger partial charge >= 0.3 is 0 Å². The molecule has 0 aliphatic heterocycles. The molecule has 152 valence electrons. The highest BCUT2D eigenvalue weighted by Crippen LogP contribution is 2.29. The smallest absolute Gasteiger partial charge is 0.191 e. The number of hydrogen-bond donors (Lipinski definition) is 3. The summed E-state index contributed by atoms with van der Waals surface area (Å²) in [6, 6.07) is 10.2. The van der Waals surface area contributed by atoms with Gasteiger partial charge in [0.15, 0.2) is 5.96 Å². The Morgan fingerprint density at radius 3 is 2.86 bits per heavy atom. The van der Waals surface area contributed by atoms with Crippen LogP contribution in [0, 0.1) is 0 Å². The second kappa shape index (κ2) is 11.4. The van der Waals surface area contributed by atoms with Gasteiger partial charge in [0.2, 0.25) is 0 Å². The molecule has 2 heterocycles. The molecule has 6 nitrogen and oxygen atoms in total. The molecule has 1 unspecified atom stereocenters. The summed E-state index contributed by atoms with van der Waals surface area (Å²) in [6.45, 7) is 3.98. The summed E-state index contributed by atoms with van der Waals surface area (Å²) in [6.07, 6.45) is 5.33. The molecule has 3 rings (SSSR count). The summed E-state index contributed by atoms with van der Waals surface area (Å²) in [5.74, 6) is 0.740. The average Bonchev–Trinajstić information content (AvgIpc) is 3.28. The van der Waals surface area contributed by atoms with Gasteiger partial charge in [0.05, 0.1) is 12.7 Å². The van der Waals surface area contributed by atoms with Crippen molar-refractivity contribution in [3.8, 4) is 0 Å². The van der Waals surface area contributed by atoms with E-state index in [4.69, 9.17) is 0 Å². The average molecular weight is 513 g/mol. The lowest BCUT2D eigenvalue weighted by atomic mass is 10.2. The van der Waals surface area contributed by atoms with Crippen molar-refractivity contribution in [1.82, 2.24) is 20.4 Å². The van der Waals surface area contributed by atoms with Gasteiger partial charge < -0.3 is 15.7 Å². The van der Waals surface area contributed by atoms with Gasteiger partial charge in [0.25, 0.3) is 0 Å². The van der Waals surface area contributed by atoms with Crippen LogP contribution in [0.1, 0.15) is 29.9 Å². The minimum Gasteiger partial charge on any atom is -0.386 e. The van der Waals surface area contributed by atoms with Gasteiger partial charge in [-0.05, 0) is 42.8 Å². The molecule has 0 aliphatic rings. The van der Waals surface area contributed by atoms with E-state index in [1.807, 2.05) is 43.2 Å². The highest BCUT2D eigenvalue weighted by Gasteiger charge is 2.11. The maximum Gasteiger partial charge on any atom is 0.191 e. The third kappa shape index (κ3) is 6.46. The standard InChI is InChI=1S/C20H27N5OS.HI/c1-3-21-20(22-10-6-7-15-12-24-25(2)14-15)23-13-17(26)19-11-16-8-4-5-9-18(16)27-19;/h4-5,8-9,11-12,14,17,26H,3,6-7,10,13H2,1-2H3,(H2,21,22,23);1H. The van der Waals surface area contributed by atoms with Crippen molar-refractivity contribution < 1.29 is 5.11 Å². The van der Waals surface area contributed by atoms with E-state index in [0.29, 0.717) is 6.54 Å². The lowest BCUT2D eigenvalue weighted by Gasteiger charge is -2.12. The van der Waals surface area contributed by atoms with Gasteiger partial charge in [0, 0.05) is 35.9 Å². The number of aryl methyl sites for hydroxylation is 2. The third-order valence-corrected chi connectivity index (χ3v) is 5.45. The number of fused-ring (bicyclic) bond motifs is 1. The lowest BCUT2D eigenvalue weighted by molar-refractivity contribution is 0.191. The molecule has 3 N–H and O–H groups in total. The summed E-state index contributed by atoms with van der Waals surface area (Å²) in [5.41, 5.74) is 1.24. The van der Waals surface area contributed by atoms with Crippen LogP contribution < -0.4 is 10.6 Å². The Bertz CT molecular complexity index is 858. The van der Waals surface area contributed by atoms with Gasteiger partial charge in [-0.25, -0.2) is 0 Å². The topological polar surface area (TPSA) is 74.5 Å². The number of nitrogens with one attached hydrogen (secondary N) is 2. The Labute approximate surface area is 187 Å². The number of rotatable bonds is 8. The Morgan fingerprint density at radius 1 is 1.32 bits per heavy atom. The van der Waals surface area contributed by atoms with Crippen LogP contribution in [-0.2, 0) is 13.5 Å². The predicted molar refractivity (Wildman–Crippen MR) is 128 cm³/mol. The van der Waals surface area contributed by atoms with Crippen molar-refractivity contribution in [2.75, 3.05) is 19.6 Å². The van der Waals surface area contributed by atoms with Crippen molar-refractivity contribution in [3.63, 3.8) is 0 Å². The third-order valence-electron chi connectivity index (χ3n) is 4.23. The normalized spacial score (nSPS) is 12.6. The maximum atomic E-state index is 10.5. The molecule has 0 fully saturated rings. The van der Waals surface area contributed by atoms with Crippen LogP contribution in [0.4, 0.5) is 0 Å². The van der Waals surface area contributed by atoms with Crippen LogP contribution in [0.5, 0.6) is 0 Å². The summed E-state index contributed by atoms with van der Waals surface area (Å²) in [7, 11) is 1.93. The zero-order valence-electron chi connectivity index (χ0n) is 16.3. The zero-order chi connectivity index (χ0) is 19.1. The molecule has 0 spiro atoms. The molecule has 0 bridgehead atoms. The first-order chi connectivity index (χ1) is 13.2. The number of benzene rings is 1. The summed E-state index contributed by atoms with van der Waals surface area (Å²) in [4.78, 5) is 5.49. The highest BCUT2D eigenvalue weighted by atomic mass is 127. The lowest BCUT2D eigenvalue weighted by Crippen LogP contribution is -2.38. The Balaban J connectivity index is 0.00000280.